The lowest BCUT2D eigenvalue weighted by molar-refractivity contribution is 0.408. The lowest BCUT2D eigenvalue weighted by Gasteiger charge is -2.16. The number of nitrogens with one attached hydrogen (secondary N) is 2. The first-order valence-corrected chi connectivity index (χ1v) is 11.6. The maximum absolute atomic E-state index is 13.2. The SMILES string of the molecule is COc1c(C)cc(S(=O)(=O)Nc2cc(Sc3nc[nH]n3)c(O)c3ccccc23)cc1C. The number of rotatable bonds is 6. The maximum Gasteiger partial charge on any atom is 0.261 e. The average Bonchev–Trinajstić information content (AvgIpc) is 3.24. The summed E-state index contributed by atoms with van der Waals surface area (Å²) in [7, 11) is -2.35. The van der Waals surface area contributed by atoms with Gasteiger partial charge in [0.15, 0.2) is 0 Å². The number of ether oxygens (including phenoxy) is 1. The predicted molar refractivity (Wildman–Crippen MR) is 119 cm³/mol. The first-order valence-electron chi connectivity index (χ1n) is 9.26. The molecule has 0 spiro atoms. The van der Waals surface area contributed by atoms with Crippen LogP contribution in [0.2, 0.25) is 0 Å². The number of aromatic nitrogens is 3. The molecular weight excluding hydrogens is 436 g/mol. The van der Waals surface area contributed by atoms with Gasteiger partial charge in [-0.1, -0.05) is 24.3 Å². The zero-order valence-corrected chi connectivity index (χ0v) is 18.6. The Labute approximate surface area is 183 Å². The van der Waals surface area contributed by atoms with Crippen LogP contribution in [0.25, 0.3) is 10.8 Å². The second-order valence-electron chi connectivity index (χ2n) is 6.90. The van der Waals surface area contributed by atoms with E-state index in [2.05, 4.69) is 19.9 Å². The topological polar surface area (TPSA) is 117 Å². The third-order valence-corrected chi connectivity index (χ3v) is 7.02. The molecule has 0 unspecified atom stereocenters. The largest absolute Gasteiger partial charge is 0.506 e. The van der Waals surface area contributed by atoms with Crippen molar-refractivity contribution in [2.75, 3.05) is 11.8 Å². The van der Waals surface area contributed by atoms with Gasteiger partial charge < -0.3 is 9.84 Å². The van der Waals surface area contributed by atoms with Crippen molar-refractivity contribution in [2.45, 2.75) is 28.8 Å². The number of aromatic hydroxyl groups is 1. The number of nitrogens with zero attached hydrogens (tertiary/aromatic N) is 2. The van der Waals surface area contributed by atoms with Gasteiger partial charge in [-0.2, -0.15) is 0 Å². The standard InChI is InChI=1S/C21H20N4O4S2/c1-12-8-14(9-13(2)20(12)29-3)31(27,28)25-17-10-18(30-21-22-11-23-24-21)19(26)16-7-5-4-6-15(16)17/h4-11,25-26H,1-3H3,(H,22,23,24). The van der Waals surface area contributed by atoms with Gasteiger partial charge in [-0.05, 0) is 54.9 Å². The molecule has 0 aliphatic carbocycles. The van der Waals surface area contributed by atoms with Crippen molar-refractivity contribution in [1.82, 2.24) is 15.2 Å². The Bertz CT molecular complexity index is 1350. The number of sulfonamides is 1. The zero-order chi connectivity index (χ0) is 22.2. The zero-order valence-electron chi connectivity index (χ0n) is 17.0. The molecule has 8 nitrogen and oxygen atoms in total. The highest BCUT2D eigenvalue weighted by molar-refractivity contribution is 7.99. The van der Waals surface area contributed by atoms with Crippen LogP contribution in [0.5, 0.6) is 11.5 Å². The van der Waals surface area contributed by atoms with Crippen LogP contribution < -0.4 is 9.46 Å². The van der Waals surface area contributed by atoms with E-state index in [1.165, 1.54) is 6.33 Å². The number of H-pyrrole nitrogens is 1. The van der Waals surface area contributed by atoms with Crippen LogP contribution in [0.3, 0.4) is 0 Å². The van der Waals surface area contributed by atoms with Crippen LogP contribution in [0.15, 0.2) is 63.7 Å². The summed E-state index contributed by atoms with van der Waals surface area (Å²) in [5.74, 6) is 0.684. The molecule has 1 aromatic heterocycles. The Morgan fingerprint density at radius 1 is 1.10 bits per heavy atom. The van der Waals surface area contributed by atoms with E-state index >= 15 is 0 Å². The Hall–Kier alpha value is -3.24. The van der Waals surface area contributed by atoms with E-state index < -0.39 is 10.0 Å². The van der Waals surface area contributed by atoms with Crippen LogP contribution in [-0.4, -0.2) is 35.8 Å². The lowest BCUT2D eigenvalue weighted by Crippen LogP contribution is -2.14. The lowest BCUT2D eigenvalue weighted by atomic mass is 10.1. The summed E-state index contributed by atoms with van der Waals surface area (Å²) in [5, 5.41) is 18.8. The van der Waals surface area contributed by atoms with Crippen LogP contribution >= 0.6 is 11.8 Å². The number of fused-ring (bicyclic) bond motifs is 1. The molecule has 31 heavy (non-hydrogen) atoms. The van der Waals surface area contributed by atoms with Crippen molar-refractivity contribution >= 4 is 38.2 Å². The maximum atomic E-state index is 13.2. The van der Waals surface area contributed by atoms with Gasteiger partial charge in [0.25, 0.3) is 10.0 Å². The number of aryl methyl sites for hydroxylation is 2. The highest BCUT2D eigenvalue weighted by Crippen LogP contribution is 2.42. The number of hydrogen-bond acceptors (Lipinski definition) is 7. The van der Waals surface area contributed by atoms with Gasteiger partial charge in [-0.15, -0.1) is 5.10 Å². The smallest absolute Gasteiger partial charge is 0.261 e. The van der Waals surface area contributed by atoms with E-state index in [9.17, 15) is 13.5 Å². The Morgan fingerprint density at radius 2 is 1.77 bits per heavy atom. The molecule has 4 rings (SSSR count). The first kappa shape index (κ1) is 21.0. The minimum Gasteiger partial charge on any atom is -0.506 e. The number of anilines is 1. The summed E-state index contributed by atoms with van der Waals surface area (Å²) in [4.78, 5) is 4.61. The molecule has 4 aromatic rings. The molecule has 0 amide bonds. The fourth-order valence-corrected chi connectivity index (χ4v) is 5.46. The molecule has 10 heteroatoms. The second kappa shape index (κ2) is 8.12. The number of hydrogen-bond donors (Lipinski definition) is 3. The average molecular weight is 457 g/mol. The quantitative estimate of drug-likeness (QED) is 0.372. The van der Waals surface area contributed by atoms with E-state index in [-0.39, 0.29) is 10.6 Å². The fourth-order valence-electron chi connectivity index (χ4n) is 3.43. The first-order chi connectivity index (χ1) is 14.8. The molecule has 0 aliphatic rings. The van der Waals surface area contributed by atoms with E-state index in [1.807, 2.05) is 0 Å². The van der Waals surface area contributed by atoms with Crippen molar-refractivity contribution < 1.29 is 18.3 Å². The molecule has 3 aromatic carbocycles. The highest BCUT2D eigenvalue weighted by Gasteiger charge is 2.21. The van der Waals surface area contributed by atoms with E-state index in [1.54, 1.807) is 63.4 Å². The van der Waals surface area contributed by atoms with Gasteiger partial charge >= 0.3 is 0 Å². The van der Waals surface area contributed by atoms with Gasteiger partial charge in [0, 0.05) is 10.8 Å². The summed E-state index contributed by atoms with van der Waals surface area (Å²) >= 11 is 1.13. The van der Waals surface area contributed by atoms with Gasteiger partial charge in [-0.3, -0.25) is 9.82 Å². The highest BCUT2D eigenvalue weighted by atomic mass is 32.2. The van der Waals surface area contributed by atoms with Gasteiger partial charge in [-0.25, -0.2) is 13.4 Å². The fraction of sp³-hybridized carbons (Fsp3) is 0.143. The molecule has 0 bridgehead atoms. The third-order valence-electron chi connectivity index (χ3n) is 4.77. The van der Waals surface area contributed by atoms with Crippen LogP contribution in [0, 0.1) is 13.8 Å². The molecular formula is C21H20N4O4S2. The van der Waals surface area contributed by atoms with E-state index in [4.69, 9.17) is 4.74 Å². The number of phenols is 1. The van der Waals surface area contributed by atoms with E-state index in [0.717, 1.165) is 22.9 Å². The molecule has 0 aliphatic heterocycles. The monoisotopic (exact) mass is 456 g/mol. The second-order valence-corrected chi connectivity index (χ2v) is 9.59. The van der Waals surface area contributed by atoms with Crippen LogP contribution in [-0.2, 0) is 10.0 Å². The summed E-state index contributed by atoms with van der Waals surface area (Å²) in [5.41, 5.74) is 1.79. The van der Waals surface area contributed by atoms with Crippen molar-refractivity contribution in [3.8, 4) is 11.5 Å². The molecule has 160 valence electrons. The van der Waals surface area contributed by atoms with Crippen molar-refractivity contribution in [1.29, 1.82) is 0 Å². The number of aromatic amines is 1. The summed E-state index contributed by atoms with van der Waals surface area (Å²) in [6.07, 6.45) is 1.43. The van der Waals surface area contributed by atoms with Crippen molar-refractivity contribution in [2.24, 2.45) is 0 Å². The van der Waals surface area contributed by atoms with Gasteiger partial charge in [0.1, 0.15) is 17.8 Å². The van der Waals surface area contributed by atoms with Gasteiger partial charge in [0.05, 0.1) is 22.6 Å². The van der Waals surface area contributed by atoms with Crippen LogP contribution in [0.4, 0.5) is 5.69 Å². The van der Waals surface area contributed by atoms with Gasteiger partial charge in [0.2, 0.25) is 5.16 Å². The minimum absolute atomic E-state index is 0.0319. The third kappa shape index (κ3) is 4.04. The summed E-state index contributed by atoms with van der Waals surface area (Å²) < 4.78 is 34.4. The molecule has 0 atom stereocenters. The normalized spacial score (nSPS) is 11.6. The number of methoxy groups -OCH3 is 1. The summed E-state index contributed by atoms with van der Waals surface area (Å²) in [6.45, 7) is 3.60. The van der Waals surface area contributed by atoms with Crippen LogP contribution in [0.1, 0.15) is 11.1 Å². The Kier molecular flexibility index (Phi) is 5.50. The number of benzene rings is 3. The Morgan fingerprint density at radius 3 is 2.39 bits per heavy atom. The number of phenolic OH excluding ortho intramolecular Hbond substituents is 1. The molecule has 0 saturated carbocycles. The molecule has 0 fully saturated rings. The summed E-state index contributed by atoms with van der Waals surface area (Å²) in [6, 6.07) is 11.8. The minimum atomic E-state index is -3.90. The van der Waals surface area contributed by atoms with Crippen molar-refractivity contribution in [3.63, 3.8) is 0 Å². The predicted octanol–water partition coefficient (Wildman–Crippen LogP) is 4.24. The molecule has 0 saturated heterocycles. The van der Waals surface area contributed by atoms with E-state index in [0.29, 0.717) is 32.3 Å². The Balaban J connectivity index is 1.81. The molecule has 0 radical (unpaired) electrons. The molecule has 1 heterocycles. The van der Waals surface area contributed by atoms with Crippen molar-refractivity contribution in [3.05, 3.63) is 59.9 Å². The molecule has 3 N–H and O–H groups in total.